The molecule has 0 saturated heterocycles. The Hall–Kier alpha value is -0.570. The van der Waals surface area contributed by atoms with Crippen molar-refractivity contribution in [2.45, 2.75) is 20.0 Å². The van der Waals surface area contributed by atoms with Gasteiger partial charge in [-0.15, -0.1) is 0 Å². The van der Waals surface area contributed by atoms with Crippen LogP contribution in [0.4, 0.5) is 0 Å². The molecule has 0 bridgehead atoms. The monoisotopic (exact) mass is 118 g/mol. The Kier molecular flexibility index (Phi) is 3.19. The second-order valence-corrected chi connectivity index (χ2v) is 1.65. The van der Waals surface area contributed by atoms with Crippen molar-refractivity contribution in [2.24, 2.45) is 0 Å². The molecule has 0 aliphatic carbocycles. The van der Waals surface area contributed by atoms with E-state index in [0.717, 1.165) is 0 Å². The highest BCUT2D eigenvalue weighted by molar-refractivity contribution is 5.65. The highest BCUT2D eigenvalue weighted by atomic mass is 16.5. The van der Waals surface area contributed by atoms with Gasteiger partial charge in [-0.2, -0.15) is 0 Å². The molecule has 0 aliphatic rings. The van der Waals surface area contributed by atoms with Gasteiger partial charge >= 0.3 is 5.97 Å². The minimum Gasteiger partial charge on any atom is -0.463 e. The molecule has 1 N–H and O–H groups in total. The van der Waals surface area contributed by atoms with Gasteiger partial charge in [0, 0.05) is 6.92 Å². The number of aliphatic hydroxyl groups is 1. The number of aliphatic hydroxyl groups excluding tert-OH is 1. The van der Waals surface area contributed by atoms with E-state index in [0.29, 0.717) is 0 Å². The normalized spacial score (nSPS) is 12.9. The Balaban J connectivity index is 3.05. The van der Waals surface area contributed by atoms with Gasteiger partial charge in [-0.3, -0.25) is 4.79 Å². The zero-order valence-corrected chi connectivity index (χ0v) is 5.05. The van der Waals surface area contributed by atoms with E-state index in [4.69, 9.17) is 5.11 Å². The first-order valence-corrected chi connectivity index (χ1v) is 2.44. The molecule has 0 aromatic carbocycles. The van der Waals surface area contributed by atoms with E-state index in [2.05, 4.69) is 4.74 Å². The molecular weight excluding hydrogens is 108 g/mol. The Bertz CT molecular complexity index is 77.7. The van der Waals surface area contributed by atoms with E-state index in [1.807, 2.05) is 0 Å². The van der Waals surface area contributed by atoms with Gasteiger partial charge in [0.25, 0.3) is 0 Å². The van der Waals surface area contributed by atoms with Gasteiger partial charge in [-0.05, 0) is 6.92 Å². The van der Waals surface area contributed by atoms with Crippen molar-refractivity contribution in [3.8, 4) is 0 Å². The van der Waals surface area contributed by atoms with Crippen LogP contribution in [0.25, 0.3) is 0 Å². The van der Waals surface area contributed by atoms with Gasteiger partial charge in [0.05, 0.1) is 6.10 Å². The molecule has 0 aromatic heterocycles. The summed E-state index contributed by atoms with van der Waals surface area (Å²) < 4.78 is 4.41. The van der Waals surface area contributed by atoms with Crippen LogP contribution in [-0.4, -0.2) is 23.8 Å². The zero-order valence-electron chi connectivity index (χ0n) is 5.05. The summed E-state index contributed by atoms with van der Waals surface area (Å²) in [6.07, 6.45) is -0.557. The summed E-state index contributed by atoms with van der Waals surface area (Å²) in [5, 5.41) is 8.52. The highest BCUT2D eigenvalue weighted by Gasteiger charge is 1.96. The van der Waals surface area contributed by atoms with Crippen molar-refractivity contribution in [1.29, 1.82) is 0 Å². The molecular formula is C5H10O3. The third kappa shape index (κ3) is 5.43. The van der Waals surface area contributed by atoms with Crippen LogP contribution in [0, 0.1) is 0 Å². The van der Waals surface area contributed by atoms with Gasteiger partial charge in [-0.25, -0.2) is 0 Å². The van der Waals surface area contributed by atoms with Crippen molar-refractivity contribution in [1.82, 2.24) is 0 Å². The topological polar surface area (TPSA) is 46.5 Å². The number of carbonyl (C=O) groups is 1. The first-order valence-electron chi connectivity index (χ1n) is 2.44. The standard InChI is InChI=1S/C5H10O3/c1-4(6)3-8-5(2)7/h4,6H,3H2,1-2H3. The van der Waals surface area contributed by atoms with Gasteiger partial charge in [0.1, 0.15) is 6.61 Å². The van der Waals surface area contributed by atoms with Crippen LogP contribution in [0.2, 0.25) is 0 Å². The molecule has 0 saturated carbocycles. The van der Waals surface area contributed by atoms with Gasteiger partial charge in [0.15, 0.2) is 0 Å². The molecule has 0 spiro atoms. The second kappa shape index (κ2) is 3.43. The van der Waals surface area contributed by atoms with Crippen LogP contribution in [0.1, 0.15) is 13.8 Å². The van der Waals surface area contributed by atoms with Crippen LogP contribution < -0.4 is 0 Å². The lowest BCUT2D eigenvalue weighted by molar-refractivity contribution is -0.143. The average Bonchev–Trinajstić information content (AvgIpc) is 1.61. The summed E-state index contributed by atoms with van der Waals surface area (Å²) in [7, 11) is 0. The maximum atomic E-state index is 10.0. The predicted molar refractivity (Wildman–Crippen MR) is 28.3 cm³/mol. The molecule has 0 fully saturated rings. The van der Waals surface area contributed by atoms with Gasteiger partial charge in [-0.1, -0.05) is 0 Å². The molecule has 8 heavy (non-hydrogen) atoms. The van der Waals surface area contributed by atoms with Crippen LogP contribution >= 0.6 is 0 Å². The average molecular weight is 118 g/mol. The highest BCUT2D eigenvalue weighted by Crippen LogP contribution is 1.81. The summed E-state index contributed by atoms with van der Waals surface area (Å²) in [5.41, 5.74) is 0. The van der Waals surface area contributed by atoms with Crippen molar-refractivity contribution < 1.29 is 14.6 Å². The molecule has 1 atom stereocenters. The van der Waals surface area contributed by atoms with Crippen molar-refractivity contribution in [2.75, 3.05) is 6.61 Å². The summed E-state index contributed by atoms with van der Waals surface area (Å²) in [5.74, 6) is -0.356. The Labute approximate surface area is 48.3 Å². The minimum atomic E-state index is -0.557. The maximum Gasteiger partial charge on any atom is 0.302 e. The van der Waals surface area contributed by atoms with E-state index >= 15 is 0 Å². The second-order valence-electron chi connectivity index (χ2n) is 1.65. The Morgan fingerprint density at radius 3 is 2.50 bits per heavy atom. The first-order chi connectivity index (χ1) is 3.63. The van der Waals surface area contributed by atoms with E-state index in [9.17, 15) is 4.79 Å². The van der Waals surface area contributed by atoms with Gasteiger partial charge in [0.2, 0.25) is 0 Å². The van der Waals surface area contributed by atoms with Gasteiger partial charge < -0.3 is 9.84 Å². The van der Waals surface area contributed by atoms with E-state index < -0.39 is 6.10 Å². The Morgan fingerprint density at radius 2 is 2.38 bits per heavy atom. The fraction of sp³-hybridized carbons (Fsp3) is 0.800. The maximum absolute atomic E-state index is 10.0. The number of ether oxygens (including phenoxy) is 1. The summed E-state index contributed by atoms with van der Waals surface area (Å²) in [4.78, 5) is 10.0. The number of hydrogen-bond donors (Lipinski definition) is 1. The lowest BCUT2D eigenvalue weighted by atomic mass is 10.4. The fourth-order valence-corrected chi connectivity index (χ4v) is 0.238. The summed E-state index contributed by atoms with van der Waals surface area (Å²) in [6, 6.07) is 0. The number of esters is 1. The molecule has 0 heterocycles. The third-order valence-corrected chi connectivity index (χ3v) is 0.528. The first kappa shape index (κ1) is 7.43. The number of carbonyl (C=O) groups excluding carboxylic acids is 1. The molecule has 0 amide bonds. The van der Waals surface area contributed by atoms with E-state index in [-0.39, 0.29) is 12.6 Å². The zero-order chi connectivity index (χ0) is 6.57. The SMILES string of the molecule is CC(=O)OCC(C)O. The molecule has 3 heteroatoms. The lowest BCUT2D eigenvalue weighted by Gasteiger charge is -2.01. The van der Waals surface area contributed by atoms with E-state index in [1.54, 1.807) is 6.92 Å². The smallest absolute Gasteiger partial charge is 0.302 e. The van der Waals surface area contributed by atoms with Crippen LogP contribution in [-0.2, 0) is 9.53 Å². The molecule has 1 unspecified atom stereocenters. The number of rotatable bonds is 2. The van der Waals surface area contributed by atoms with Crippen LogP contribution in [0.3, 0.4) is 0 Å². The molecule has 3 nitrogen and oxygen atoms in total. The number of hydrogen-bond acceptors (Lipinski definition) is 3. The van der Waals surface area contributed by atoms with Crippen LogP contribution in [0.5, 0.6) is 0 Å². The quantitative estimate of drug-likeness (QED) is 0.516. The third-order valence-electron chi connectivity index (χ3n) is 0.528. The molecule has 0 aliphatic heterocycles. The van der Waals surface area contributed by atoms with E-state index in [1.165, 1.54) is 6.92 Å². The molecule has 0 aromatic rings. The Morgan fingerprint density at radius 1 is 1.88 bits per heavy atom. The van der Waals surface area contributed by atoms with Crippen LogP contribution in [0.15, 0.2) is 0 Å². The predicted octanol–water partition coefficient (Wildman–Crippen LogP) is -0.0697. The van der Waals surface area contributed by atoms with Crippen molar-refractivity contribution in [3.63, 3.8) is 0 Å². The molecule has 0 rings (SSSR count). The fourth-order valence-electron chi connectivity index (χ4n) is 0.238. The largest absolute Gasteiger partial charge is 0.463 e. The van der Waals surface area contributed by atoms with Crippen molar-refractivity contribution >= 4 is 5.97 Å². The van der Waals surface area contributed by atoms with Crippen molar-refractivity contribution in [3.05, 3.63) is 0 Å². The minimum absolute atomic E-state index is 0.0926. The summed E-state index contributed by atoms with van der Waals surface area (Å²) >= 11 is 0. The summed E-state index contributed by atoms with van der Waals surface area (Å²) in [6.45, 7) is 2.96. The molecule has 48 valence electrons. The lowest BCUT2D eigenvalue weighted by Crippen LogP contribution is -2.12. The molecule has 0 radical (unpaired) electrons.